The van der Waals surface area contributed by atoms with Crippen LogP contribution < -0.4 is 4.74 Å². The molecule has 2 unspecified atom stereocenters. The summed E-state index contributed by atoms with van der Waals surface area (Å²) < 4.78 is 5.61. The van der Waals surface area contributed by atoms with Crippen molar-refractivity contribution in [3.05, 3.63) is 52.2 Å². The summed E-state index contributed by atoms with van der Waals surface area (Å²) in [7, 11) is 0. The van der Waals surface area contributed by atoms with Gasteiger partial charge in [-0.15, -0.1) is 0 Å². The molecular formula is C14H14O2S. The Hall–Kier alpha value is -1.32. The molecule has 0 bridgehead atoms. The monoisotopic (exact) mass is 246 g/mol. The van der Waals surface area contributed by atoms with Crippen LogP contribution in [0.1, 0.15) is 29.6 Å². The first-order chi connectivity index (χ1) is 8.36. The topological polar surface area (TPSA) is 29.5 Å². The van der Waals surface area contributed by atoms with Gasteiger partial charge in [0.15, 0.2) is 0 Å². The zero-order valence-electron chi connectivity index (χ0n) is 9.37. The molecule has 88 valence electrons. The minimum absolute atomic E-state index is 0.148. The van der Waals surface area contributed by atoms with E-state index in [1.54, 1.807) is 11.3 Å². The molecule has 2 nitrogen and oxygen atoms in total. The van der Waals surface area contributed by atoms with Gasteiger partial charge in [-0.25, -0.2) is 0 Å². The van der Waals surface area contributed by atoms with Crippen molar-refractivity contribution in [1.82, 2.24) is 0 Å². The second kappa shape index (κ2) is 4.51. The summed E-state index contributed by atoms with van der Waals surface area (Å²) in [4.78, 5) is 0. The number of aliphatic hydroxyl groups excluding tert-OH is 1. The lowest BCUT2D eigenvalue weighted by molar-refractivity contribution is 0.117. The fourth-order valence-corrected chi connectivity index (χ4v) is 3.06. The molecule has 1 aliphatic rings. The quantitative estimate of drug-likeness (QED) is 0.880. The second-order valence-corrected chi connectivity index (χ2v) is 5.06. The maximum atomic E-state index is 10.4. The fourth-order valence-electron chi connectivity index (χ4n) is 2.37. The van der Waals surface area contributed by atoms with Gasteiger partial charge in [-0.2, -0.15) is 11.3 Å². The van der Waals surface area contributed by atoms with Crippen molar-refractivity contribution >= 4 is 11.3 Å². The molecule has 0 aliphatic carbocycles. The summed E-state index contributed by atoms with van der Waals surface area (Å²) in [6.07, 6.45) is 0.444. The van der Waals surface area contributed by atoms with Crippen LogP contribution in [-0.4, -0.2) is 11.7 Å². The average Bonchev–Trinajstić information content (AvgIpc) is 2.91. The van der Waals surface area contributed by atoms with Crippen LogP contribution in [-0.2, 0) is 0 Å². The number of thiophene rings is 1. The largest absolute Gasteiger partial charge is 0.493 e. The van der Waals surface area contributed by atoms with Crippen molar-refractivity contribution < 1.29 is 9.84 Å². The molecule has 0 saturated carbocycles. The van der Waals surface area contributed by atoms with Crippen molar-refractivity contribution in [3.8, 4) is 5.75 Å². The van der Waals surface area contributed by atoms with Crippen molar-refractivity contribution in [3.63, 3.8) is 0 Å². The van der Waals surface area contributed by atoms with Gasteiger partial charge in [0.1, 0.15) is 5.75 Å². The number of hydrogen-bond donors (Lipinski definition) is 1. The Kier molecular flexibility index (Phi) is 2.87. The van der Waals surface area contributed by atoms with Crippen LogP contribution in [0.3, 0.4) is 0 Å². The molecule has 3 heteroatoms. The predicted molar refractivity (Wildman–Crippen MR) is 68.6 cm³/mol. The van der Waals surface area contributed by atoms with E-state index in [4.69, 9.17) is 4.74 Å². The summed E-state index contributed by atoms with van der Waals surface area (Å²) in [5, 5.41) is 14.5. The number of para-hydroxylation sites is 1. The van der Waals surface area contributed by atoms with Crippen molar-refractivity contribution in [2.45, 2.75) is 18.4 Å². The molecule has 0 radical (unpaired) electrons. The third-order valence-electron chi connectivity index (χ3n) is 3.27. The van der Waals surface area contributed by atoms with Gasteiger partial charge < -0.3 is 9.84 Å². The van der Waals surface area contributed by atoms with Crippen LogP contribution in [0.15, 0.2) is 41.1 Å². The molecule has 0 spiro atoms. The molecule has 2 atom stereocenters. The van der Waals surface area contributed by atoms with Gasteiger partial charge in [0.25, 0.3) is 0 Å². The smallest absolute Gasteiger partial charge is 0.122 e. The van der Waals surface area contributed by atoms with E-state index < -0.39 is 6.10 Å². The average molecular weight is 246 g/mol. The predicted octanol–water partition coefficient (Wildman–Crippen LogP) is 3.35. The van der Waals surface area contributed by atoms with E-state index in [0.717, 1.165) is 23.3 Å². The minimum Gasteiger partial charge on any atom is -0.493 e. The van der Waals surface area contributed by atoms with Crippen LogP contribution in [0.5, 0.6) is 5.75 Å². The molecule has 0 saturated heterocycles. The fraction of sp³-hybridized carbons (Fsp3) is 0.286. The highest BCUT2D eigenvalue weighted by Crippen LogP contribution is 2.41. The van der Waals surface area contributed by atoms with Gasteiger partial charge in [0.05, 0.1) is 12.7 Å². The second-order valence-electron chi connectivity index (χ2n) is 4.28. The molecule has 17 heavy (non-hydrogen) atoms. The SMILES string of the molecule is OC(c1ccsc1)C1CCOc2ccccc21. The van der Waals surface area contributed by atoms with Gasteiger partial charge >= 0.3 is 0 Å². The maximum Gasteiger partial charge on any atom is 0.122 e. The molecule has 1 aromatic heterocycles. The summed E-state index contributed by atoms with van der Waals surface area (Å²) >= 11 is 1.62. The standard InChI is InChI=1S/C14H14O2S/c15-14(10-6-8-17-9-10)12-5-7-16-13-4-2-1-3-11(12)13/h1-4,6,8-9,12,14-15H,5,7H2. The van der Waals surface area contributed by atoms with Crippen LogP contribution in [0.2, 0.25) is 0 Å². The summed E-state index contributed by atoms with van der Waals surface area (Å²) in [6.45, 7) is 0.683. The Balaban J connectivity index is 1.95. The number of aliphatic hydroxyl groups is 1. The molecular weight excluding hydrogens is 232 g/mol. The molecule has 2 aromatic rings. The molecule has 0 amide bonds. The lowest BCUT2D eigenvalue weighted by Gasteiger charge is -2.29. The van der Waals surface area contributed by atoms with Gasteiger partial charge in [-0.1, -0.05) is 18.2 Å². The van der Waals surface area contributed by atoms with E-state index in [2.05, 4.69) is 6.07 Å². The summed E-state index contributed by atoms with van der Waals surface area (Å²) in [6, 6.07) is 9.99. The number of fused-ring (bicyclic) bond motifs is 1. The maximum absolute atomic E-state index is 10.4. The van der Waals surface area contributed by atoms with Gasteiger partial charge in [-0.3, -0.25) is 0 Å². The van der Waals surface area contributed by atoms with Gasteiger partial charge in [0.2, 0.25) is 0 Å². The Morgan fingerprint density at radius 2 is 2.18 bits per heavy atom. The third-order valence-corrected chi connectivity index (χ3v) is 3.97. The van der Waals surface area contributed by atoms with Crippen LogP contribution in [0.25, 0.3) is 0 Å². The third kappa shape index (κ3) is 1.96. The number of hydrogen-bond acceptors (Lipinski definition) is 3. The summed E-state index contributed by atoms with van der Waals surface area (Å²) in [5.74, 6) is 1.06. The Morgan fingerprint density at radius 1 is 1.29 bits per heavy atom. The highest BCUT2D eigenvalue weighted by molar-refractivity contribution is 7.07. The van der Waals surface area contributed by atoms with E-state index in [0.29, 0.717) is 6.61 Å². The van der Waals surface area contributed by atoms with E-state index >= 15 is 0 Å². The minimum atomic E-state index is -0.425. The van der Waals surface area contributed by atoms with E-state index in [9.17, 15) is 5.11 Å². The highest BCUT2D eigenvalue weighted by Gasteiger charge is 2.28. The Morgan fingerprint density at radius 3 is 3.00 bits per heavy atom. The van der Waals surface area contributed by atoms with E-state index in [-0.39, 0.29) is 5.92 Å². The van der Waals surface area contributed by atoms with Gasteiger partial charge in [-0.05, 0) is 34.9 Å². The van der Waals surface area contributed by atoms with Crippen molar-refractivity contribution in [2.75, 3.05) is 6.61 Å². The van der Waals surface area contributed by atoms with Gasteiger partial charge in [0, 0.05) is 11.5 Å². The van der Waals surface area contributed by atoms with Crippen LogP contribution in [0, 0.1) is 0 Å². The molecule has 1 aliphatic heterocycles. The molecule has 0 fully saturated rings. The first-order valence-corrected chi connectivity index (χ1v) is 6.72. The number of benzene rings is 1. The molecule has 1 aromatic carbocycles. The summed E-state index contributed by atoms with van der Waals surface area (Å²) in [5.41, 5.74) is 2.13. The number of rotatable bonds is 2. The highest BCUT2D eigenvalue weighted by atomic mass is 32.1. The zero-order valence-corrected chi connectivity index (χ0v) is 10.2. The van der Waals surface area contributed by atoms with E-state index in [1.165, 1.54) is 0 Å². The normalized spacial score (nSPS) is 20.4. The zero-order chi connectivity index (χ0) is 11.7. The van der Waals surface area contributed by atoms with E-state index in [1.807, 2.05) is 35.0 Å². The van der Waals surface area contributed by atoms with Crippen molar-refractivity contribution in [2.24, 2.45) is 0 Å². The first-order valence-electron chi connectivity index (χ1n) is 5.78. The molecule has 1 N–H and O–H groups in total. The van der Waals surface area contributed by atoms with Crippen molar-refractivity contribution in [1.29, 1.82) is 0 Å². The lowest BCUT2D eigenvalue weighted by Crippen LogP contribution is -2.19. The Bertz CT molecular complexity index is 493. The van der Waals surface area contributed by atoms with Crippen LogP contribution in [0.4, 0.5) is 0 Å². The molecule has 3 rings (SSSR count). The first kappa shape index (κ1) is 10.8. The van der Waals surface area contributed by atoms with Crippen LogP contribution >= 0.6 is 11.3 Å². The Labute approximate surface area is 104 Å². The molecule has 2 heterocycles. The number of ether oxygens (including phenoxy) is 1. The lowest BCUT2D eigenvalue weighted by atomic mass is 9.86.